The topological polar surface area (TPSA) is 97.4 Å². The molecule has 0 aliphatic carbocycles. The molecule has 21 heavy (non-hydrogen) atoms. The Kier molecular flexibility index (Phi) is 5.53. The van der Waals surface area contributed by atoms with Gasteiger partial charge < -0.3 is 20.8 Å². The van der Waals surface area contributed by atoms with Crippen LogP contribution in [0.5, 0.6) is 0 Å². The third-order valence-electron chi connectivity index (χ3n) is 2.79. The first-order valence-corrected chi connectivity index (χ1v) is 7.46. The molecule has 0 bridgehead atoms. The molecule has 0 radical (unpaired) electrons. The predicted octanol–water partition coefficient (Wildman–Crippen LogP) is 1.35. The zero-order valence-corrected chi connectivity index (χ0v) is 12.2. The number of nitrogens with two attached hydrogens (primary N) is 1. The van der Waals surface area contributed by atoms with Gasteiger partial charge in [0.2, 0.25) is 0 Å². The molecule has 2 heterocycles. The molecule has 0 saturated carbocycles. The smallest absolute Gasteiger partial charge is 0.261 e. The summed E-state index contributed by atoms with van der Waals surface area (Å²) in [5.74, 6) is 0.283. The van der Waals surface area contributed by atoms with Crippen molar-refractivity contribution < 1.29 is 14.0 Å². The van der Waals surface area contributed by atoms with Gasteiger partial charge in [0, 0.05) is 13.1 Å². The van der Waals surface area contributed by atoms with Crippen LogP contribution in [0.3, 0.4) is 0 Å². The summed E-state index contributed by atoms with van der Waals surface area (Å²) < 4.78 is 5.09. The zero-order valence-electron chi connectivity index (χ0n) is 11.4. The van der Waals surface area contributed by atoms with E-state index in [1.165, 1.54) is 17.6 Å². The highest BCUT2D eigenvalue weighted by molar-refractivity contribution is 7.12. The lowest BCUT2D eigenvalue weighted by molar-refractivity contribution is 0.0952. The van der Waals surface area contributed by atoms with Crippen molar-refractivity contribution in [3.8, 4) is 0 Å². The molecule has 0 atom stereocenters. The molecule has 2 aromatic heterocycles. The van der Waals surface area contributed by atoms with Crippen LogP contribution in [0.2, 0.25) is 0 Å². The summed E-state index contributed by atoms with van der Waals surface area (Å²) in [5.41, 5.74) is 5.86. The van der Waals surface area contributed by atoms with Gasteiger partial charge in [-0.25, -0.2) is 0 Å². The van der Waals surface area contributed by atoms with Crippen molar-refractivity contribution in [1.82, 2.24) is 10.6 Å². The summed E-state index contributed by atoms with van der Waals surface area (Å²) in [6.07, 6.45) is 2.04. The van der Waals surface area contributed by atoms with Gasteiger partial charge >= 0.3 is 0 Å². The van der Waals surface area contributed by atoms with Crippen molar-refractivity contribution in [1.29, 1.82) is 0 Å². The van der Waals surface area contributed by atoms with Crippen molar-refractivity contribution in [3.63, 3.8) is 0 Å². The second kappa shape index (κ2) is 7.61. The number of hydrogen-bond donors (Lipinski definition) is 3. The highest BCUT2D eigenvalue weighted by Crippen LogP contribution is 2.08. The Labute approximate surface area is 126 Å². The summed E-state index contributed by atoms with van der Waals surface area (Å²) in [7, 11) is 0. The van der Waals surface area contributed by atoms with Gasteiger partial charge in [-0.05, 0) is 23.9 Å². The van der Waals surface area contributed by atoms with E-state index in [2.05, 4.69) is 10.6 Å². The number of carbonyl (C=O) groups excluding carboxylic acids is 2. The van der Waals surface area contributed by atoms with Gasteiger partial charge in [0.05, 0.1) is 17.0 Å². The summed E-state index contributed by atoms with van der Waals surface area (Å²) in [5, 5.41) is 7.41. The molecule has 0 aliphatic heterocycles. The zero-order chi connectivity index (χ0) is 15.1. The van der Waals surface area contributed by atoms with Gasteiger partial charge in [-0.1, -0.05) is 6.07 Å². The first-order valence-electron chi connectivity index (χ1n) is 6.58. The maximum absolute atomic E-state index is 11.8. The molecule has 2 rings (SSSR count). The number of nitrogens with one attached hydrogen (secondary N) is 2. The molecular weight excluding hydrogens is 290 g/mol. The average Bonchev–Trinajstić information content (AvgIpc) is 3.17. The highest BCUT2D eigenvalue weighted by Gasteiger charge is 2.09. The van der Waals surface area contributed by atoms with Crippen LogP contribution in [0, 0.1) is 0 Å². The van der Waals surface area contributed by atoms with Crippen molar-refractivity contribution in [3.05, 3.63) is 46.0 Å². The fraction of sp³-hybridized carbons (Fsp3) is 0.286. The normalized spacial score (nSPS) is 10.3. The molecule has 0 unspecified atom stereocenters. The largest absolute Gasteiger partial charge is 0.467 e. The number of amides is 2. The van der Waals surface area contributed by atoms with E-state index in [1.807, 2.05) is 11.4 Å². The van der Waals surface area contributed by atoms with E-state index in [0.717, 1.165) is 0 Å². The number of rotatable bonds is 7. The van der Waals surface area contributed by atoms with E-state index in [9.17, 15) is 9.59 Å². The summed E-state index contributed by atoms with van der Waals surface area (Å²) in [6, 6.07) is 5.23. The quantitative estimate of drug-likeness (QED) is 0.673. The Morgan fingerprint density at radius 2 is 2.00 bits per heavy atom. The Morgan fingerprint density at radius 1 is 1.24 bits per heavy atom. The van der Waals surface area contributed by atoms with Gasteiger partial charge in [-0.2, -0.15) is 0 Å². The summed E-state index contributed by atoms with van der Waals surface area (Å²) in [4.78, 5) is 24.1. The first-order chi connectivity index (χ1) is 10.2. The molecule has 7 heteroatoms. The molecule has 0 aromatic carbocycles. The van der Waals surface area contributed by atoms with Crippen LogP contribution in [-0.2, 0) is 6.54 Å². The van der Waals surface area contributed by atoms with E-state index < -0.39 is 0 Å². The number of thiophene rings is 1. The molecule has 4 N–H and O–H groups in total. The van der Waals surface area contributed by atoms with Crippen LogP contribution < -0.4 is 16.4 Å². The van der Waals surface area contributed by atoms with Crippen LogP contribution in [-0.4, -0.2) is 24.9 Å². The molecule has 6 nitrogen and oxygen atoms in total. The number of hydrogen-bond acceptors (Lipinski definition) is 5. The average molecular weight is 307 g/mol. The molecule has 2 amide bonds. The lowest BCUT2D eigenvalue weighted by atomic mass is 10.3. The van der Waals surface area contributed by atoms with Crippen molar-refractivity contribution in [2.24, 2.45) is 5.73 Å². The molecular formula is C14H17N3O3S. The second-order valence-corrected chi connectivity index (χ2v) is 5.30. The van der Waals surface area contributed by atoms with Gasteiger partial charge in [0.25, 0.3) is 11.8 Å². The van der Waals surface area contributed by atoms with E-state index in [-0.39, 0.29) is 18.4 Å². The van der Waals surface area contributed by atoms with Crippen molar-refractivity contribution in [2.75, 3.05) is 13.1 Å². The van der Waals surface area contributed by atoms with Gasteiger partial charge in [-0.15, -0.1) is 11.3 Å². The molecule has 0 saturated heterocycles. The van der Waals surface area contributed by atoms with E-state index in [4.69, 9.17) is 10.2 Å². The van der Waals surface area contributed by atoms with E-state index in [1.54, 1.807) is 12.1 Å². The van der Waals surface area contributed by atoms with Gasteiger partial charge in [0.15, 0.2) is 0 Å². The Balaban J connectivity index is 1.63. The highest BCUT2D eigenvalue weighted by atomic mass is 32.1. The summed E-state index contributed by atoms with van der Waals surface area (Å²) in [6.45, 7) is 1.26. The monoisotopic (exact) mass is 307 g/mol. The Bertz CT molecular complexity index is 592. The maximum atomic E-state index is 11.8. The molecule has 0 spiro atoms. The lowest BCUT2D eigenvalue weighted by Gasteiger charge is -2.05. The van der Waals surface area contributed by atoms with Gasteiger partial charge in [0.1, 0.15) is 12.0 Å². The first kappa shape index (κ1) is 15.3. The Morgan fingerprint density at radius 3 is 2.62 bits per heavy atom. The summed E-state index contributed by atoms with van der Waals surface area (Å²) >= 11 is 1.40. The maximum Gasteiger partial charge on any atom is 0.261 e. The molecule has 0 fully saturated rings. The third-order valence-corrected chi connectivity index (χ3v) is 3.66. The lowest BCUT2D eigenvalue weighted by Crippen LogP contribution is -2.29. The Hall–Kier alpha value is -2.12. The van der Waals surface area contributed by atoms with Gasteiger partial charge in [-0.3, -0.25) is 9.59 Å². The van der Waals surface area contributed by atoms with Crippen LogP contribution in [0.15, 0.2) is 34.3 Å². The minimum atomic E-state index is -0.206. The molecule has 2 aromatic rings. The third kappa shape index (κ3) is 4.44. The number of furan rings is 1. The SMILES string of the molecule is NCc1cc(C(=O)NCCCNC(=O)c2cccs2)co1. The van der Waals surface area contributed by atoms with Crippen LogP contribution in [0.4, 0.5) is 0 Å². The predicted molar refractivity (Wildman–Crippen MR) is 80.2 cm³/mol. The standard InChI is InChI=1S/C14H17N3O3S/c15-8-11-7-10(9-20-11)13(18)16-4-2-5-17-14(19)12-3-1-6-21-12/h1,3,6-7,9H,2,4-5,8,15H2,(H,16,18)(H,17,19). The van der Waals surface area contributed by atoms with Crippen LogP contribution in [0.1, 0.15) is 32.2 Å². The van der Waals surface area contributed by atoms with Crippen LogP contribution >= 0.6 is 11.3 Å². The van der Waals surface area contributed by atoms with Crippen molar-refractivity contribution in [2.45, 2.75) is 13.0 Å². The van der Waals surface area contributed by atoms with Crippen LogP contribution in [0.25, 0.3) is 0 Å². The minimum absolute atomic E-state index is 0.0845. The molecule has 0 aliphatic rings. The second-order valence-electron chi connectivity index (χ2n) is 4.35. The number of carbonyl (C=O) groups is 2. The van der Waals surface area contributed by atoms with Crippen molar-refractivity contribution >= 4 is 23.2 Å². The van der Waals surface area contributed by atoms with E-state index >= 15 is 0 Å². The molecule has 112 valence electrons. The van der Waals surface area contributed by atoms with E-state index in [0.29, 0.717) is 35.7 Å². The minimum Gasteiger partial charge on any atom is -0.467 e. The fourth-order valence-electron chi connectivity index (χ4n) is 1.70. The fourth-order valence-corrected chi connectivity index (χ4v) is 2.34.